The van der Waals surface area contributed by atoms with E-state index in [-0.39, 0.29) is 0 Å². The summed E-state index contributed by atoms with van der Waals surface area (Å²) >= 11 is 0. The Balaban J connectivity index is 1.32. The van der Waals surface area contributed by atoms with E-state index in [0.717, 1.165) is 44.8 Å². The third kappa shape index (κ3) is 3.30. The molecule has 0 atom stereocenters. The number of fused-ring (bicyclic) bond motifs is 12. The van der Waals surface area contributed by atoms with Crippen LogP contribution in [0.2, 0.25) is 0 Å². The van der Waals surface area contributed by atoms with Crippen molar-refractivity contribution in [3.05, 3.63) is 158 Å². The molecule has 6 aromatic carbocycles. The predicted octanol–water partition coefficient (Wildman–Crippen LogP) is 10.0. The SMILES string of the molecule is c1ccc(-n2c3ccccc3c3ccc4c5ccccc5n(-c5ccc6c7nc8cccnn8c7n(-c7ccccc7)c6c5)c4c32)cc1. The first-order valence-electron chi connectivity index (χ1n) is 16.2. The number of para-hydroxylation sites is 4. The Hall–Kier alpha value is -6.66. The zero-order valence-corrected chi connectivity index (χ0v) is 25.7. The topological polar surface area (TPSA) is 45.0 Å². The van der Waals surface area contributed by atoms with Crippen molar-refractivity contribution in [2.45, 2.75) is 0 Å². The van der Waals surface area contributed by atoms with E-state index >= 15 is 0 Å². The second-order valence-electron chi connectivity index (χ2n) is 12.3. The molecule has 5 heterocycles. The van der Waals surface area contributed by atoms with Crippen molar-refractivity contribution in [1.29, 1.82) is 0 Å². The minimum Gasteiger partial charge on any atom is -0.307 e. The van der Waals surface area contributed by atoms with E-state index in [1.165, 1.54) is 43.6 Å². The van der Waals surface area contributed by atoms with Crippen LogP contribution >= 0.6 is 0 Å². The molecule has 0 fully saturated rings. The average Bonchev–Trinajstić information content (AvgIpc) is 3.88. The Morgan fingerprint density at radius 3 is 1.62 bits per heavy atom. The Kier molecular flexibility index (Phi) is 5.02. The van der Waals surface area contributed by atoms with Crippen LogP contribution in [0.3, 0.4) is 0 Å². The molecule has 0 unspecified atom stereocenters. The highest BCUT2D eigenvalue weighted by Crippen LogP contribution is 2.42. The molecule has 0 bridgehead atoms. The van der Waals surface area contributed by atoms with E-state index in [1.54, 1.807) is 0 Å². The fourth-order valence-electron chi connectivity index (χ4n) is 7.87. The molecule has 0 amide bonds. The smallest absolute Gasteiger partial charge is 0.168 e. The van der Waals surface area contributed by atoms with Crippen molar-refractivity contribution >= 4 is 71.3 Å². The van der Waals surface area contributed by atoms with Crippen LogP contribution in [0.1, 0.15) is 0 Å². The van der Waals surface area contributed by atoms with Crippen molar-refractivity contribution in [2.24, 2.45) is 0 Å². The summed E-state index contributed by atoms with van der Waals surface area (Å²) in [7, 11) is 0. The maximum Gasteiger partial charge on any atom is 0.168 e. The molecule has 11 aromatic rings. The predicted molar refractivity (Wildman–Crippen MR) is 196 cm³/mol. The normalized spacial score (nSPS) is 12.2. The number of hydrogen-bond acceptors (Lipinski definition) is 2. The van der Waals surface area contributed by atoms with Gasteiger partial charge in [-0.15, -0.1) is 0 Å². The van der Waals surface area contributed by atoms with E-state index < -0.39 is 0 Å². The van der Waals surface area contributed by atoms with Crippen LogP contribution in [0, 0.1) is 0 Å². The van der Waals surface area contributed by atoms with Gasteiger partial charge in [0.05, 0.1) is 27.6 Å². The van der Waals surface area contributed by atoms with Crippen LogP contribution in [0.4, 0.5) is 0 Å². The van der Waals surface area contributed by atoms with E-state index in [2.05, 4.69) is 153 Å². The van der Waals surface area contributed by atoms with Crippen LogP contribution in [0.15, 0.2) is 158 Å². The molecule has 0 radical (unpaired) electrons. The summed E-state index contributed by atoms with van der Waals surface area (Å²) in [5.41, 5.74) is 11.8. The van der Waals surface area contributed by atoms with Gasteiger partial charge in [0, 0.05) is 50.2 Å². The van der Waals surface area contributed by atoms with Gasteiger partial charge in [-0.1, -0.05) is 84.9 Å². The number of benzene rings is 6. The largest absolute Gasteiger partial charge is 0.307 e. The van der Waals surface area contributed by atoms with Crippen LogP contribution in [-0.2, 0) is 0 Å². The lowest BCUT2D eigenvalue weighted by Crippen LogP contribution is -2.01. The lowest BCUT2D eigenvalue weighted by atomic mass is 10.1. The Morgan fingerprint density at radius 2 is 0.958 bits per heavy atom. The van der Waals surface area contributed by atoms with Gasteiger partial charge < -0.3 is 9.13 Å². The van der Waals surface area contributed by atoms with E-state index in [0.29, 0.717) is 0 Å². The lowest BCUT2D eigenvalue weighted by Gasteiger charge is -2.13. The van der Waals surface area contributed by atoms with Gasteiger partial charge in [-0.3, -0.25) is 4.57 Å². The summed E-state index contributed by atoms with van der Waals surface area (Å²) in [5.74, 6) is 0. The van der Waals surface area contributed by atoms with E-state index in [4.69, 9.17) is 10.1 Å². The second-order valence-corrected chi connectivity index (χ2v) is 12.3. The second kappa shape index (κ2) is 9.44. The first-order valence-corrected chi connectivity index (χ1v) is 16.2. The monoisotopic (exact) mass is 614 g/mol. The molecular formula is C42H26N6. The molecule has 5 aromatic heterocycles. The fraction of sp³-hybridized carbons (Fsp3) is 0. The molecule has 11 rings (SSSR count). The summed E-state index contributed by atoms with van der Waals surface area (Å²) in [5, 5.41) is 10.7. The summed E-state index contributed by atoms with van der Waals surface area (Å²) in [6.45, 7) is 0. The Bertz CT molecular complexity index is 3050. The van der Waals surface area contributed by atoms with Gasteiger partial charge in [-0.25, -0.2) is 4.98 Å². The minimum absolute atomic E-state index is 0.830. The lowest BCUT2D eigenvalue weighted by molar-refractivity contribution is 0.932. The van der Waals surface area contributed by atoms with Gasteiger partial charge in [0.15, 0.2) is 11.3 Å². The molecule has 6 nitrogen and oxygen atoms in total. The fourth-order valence-corrected chi connectivity index (χ4v) is 7.87. The molecule has 48 heavy (non-hydrogen) atoms. The van der Waals surface area contributed by atoms with Gasteiger partial charge in [0.2, 0.25) is 0 Å². The van der Waals surface area contributed by atoms with Crippen LogP contribution in [-0.4, -0.2) is 28.3 Å². The number of nitrogens with zero attached hydrogens (tertiary/aromatic N) is 6. The van der Waals surface area contributed by atoms with Crippen molar-refractivity contribution < 1.29 is 0 Å². The molecule has 0 spiro atoms. The van der Waals surface area contributed by atoms with Gasteiger partial charge in [0.1, 0.15) is 5.52 Å². The Morgan fingerprint density at radius 1 is 0.396 bits per heavy atom. The molecular weight excluding hydrogens is 589 g/mol. The molecule has 0 N–H and O–H groups in total. The highest BCUT2D eigenvalue weighted by atomic mass is 15.3. The summed E-state index contributed by atoms with van der Waals surface area (Å²) < 4.78 is 9.13. The number of imidazole rings is 1. The standard InChI is InChI=1S/C42H26N6/c1-3-12-27(13-4-1)45-35-18-9-7-16-30(35)32-23-24-33-31-17-8-10-19-36(31)46(41(33)40(32)45)29-21-22-34-37(26-29)47(28-14-5-2-6-15-28)42-39(34)44-38-20-11-25-43-48(38)42/h1-26H. The Labute approximate surface area is 273 Å². The summed E-state index contributed by atoms with van der Waals surface area (Å²) in [6.07, 6.45) is 1.82. The molecule has 0 saturated heterocycles. The molecule has 0 aliphatic carbocycles. The first kappa shape index (κ1) is 25.5. The molecule has 0 saturated carbocycles. The highest BCUT2D eigenvalue weighted by Gasteiger charge is 2.23. The zero-order valence-electron chi connectivity index (χ0n) is 25.7. The summed E-state index contributed by atoms with van der Waals surface area (Å²) in [6, 6.07) is 54.1. The van der Waals surface area contributed by atoms with Crippen LogP contribution in [0.25, 0.3) is 88.4 Å². The van der Waals surface area contributed by atoms with Gasteiger partial charge >= 0.3 is 0 Å². The van der Waals surface area contributed by atoms with Crippen molar-refractivity contribution in [1.82, 2.24) is 28.3 Å². The quantitative estimate of drug-likeness (QED) is 0.199. The molecule has 224 valence electrons. The average molecular weight is 615 g/mol. The maximum absolute atomic E-state index is 5.06. The molecule has 0 aliphatic rings. The molecule has 6 heteroatoms. The number of rotatable bonds is 3. The molecule has 0 aliphatic heterocycles. The van der Waals surface area contributed by atoms with Crippen molar-refractivity contribution in [3.63, 3.8) is 0 Å². The number of aromatic nitrogens is 6. The van der Waals surface area contributed by atoms with E-state index in [9.17, 15) is 0 Å². The number of hydrogen-bond donors (Lipinski definition) is 0. The third-order valence-corrected chi connectivity index (χ3v) is 9.81. The van der Waals surface area contributed by atoms with Crippen LogP contribution < -0.4 is 0 Å². The minimum atomic E-state index is 0.830. The van der Waals surface area contributed by atoms with E-state index in [1.807, 2.05) is 22.8 Å². The van der Waals surface area contributed by atoms with Gasteiger partial charge in [-0.05, 0) is 66.7 Å². The summed E-state index contributed by atoms with van der Waals surface area (Å²) in [4.78, 5) is 5.06. The van der Waals surface area contributed by atoms with Crippen molar-refractivity contribution in [3.8, 4) is 17.1 Å². The maximum atomic E-state index is 5.06. The third-order valence-electron chi connectivity index (χ3n) is 9.81. The van der Waals surface area contributed by atoms with Gasteiger partial charge in [-0.2, -0.15) is 9.61 Å². The first-order chi connectivity index (χ1) is 23.8. The van der Waals surface area contributed by atoms with Crippen LogP contribution in [0.5, 0.6) is 0 Å². The van der Waals surface area contributed by atoms with Crippen molar-refractivity contribution in [2.75, 3.05) is 0 Å². The van der Waals surface area contributed by atoms with Gasteiger partial charge in [0.25, 0.3) is 0 Å². The highest BCUT2D eigenvalue weighted by molar-refractivity contribution is 6.24. The zero-order chi connectivity index (χ0) is 31.3.